The molecule has 0 saturated carbocycles. The lowest BCUT2D eigenvalue weighted by atomic mass is 9.95. The minimum atomic E-state index is -0.625. The molecule has 1 aromatic rings. The SMILES string of the molecule is COc1ccc(CN(N=O)C(=O)C(C)(C)C)cc1. The largest absolute Gasteiger partial charge is 0.497 e. The first-order valence-electron chi connectivity index (χ1n) is 5.66. The number of ether oxygens (including phenoxy) is 1. The highest BCUT2D eigenvalue weighted by molar-refractivity contribution is 5.81. The van der Waals surface area contributed by atoms with Crippen LogP contribution in [0.5, 0.6) is 5.75 Å². The van der Waals surface area contributed by atoms with Crippen LogP contribution < -0.4 is 4.74 Å². The van der Waals surface area contributed by atoms with E-state index in [0.29, 0.717) is 0 Å². The lowest BCUT2D eigenvalue weighted by Crippen LogP contribution is -2.35. The van der Waals surface area contributed by atoms with Gasteiger partial charge in [0.05, 0.1) is 18.9 Å². The van der Waals surface area contributed by atoms with Gasteiger partial charge < -0.3 is 4.74 Å². The first kappa shape index (κ1) is 14.2. The molecule has 0 radical (unpaired) electrons. The van der Waals surface area contributed by atoms with Gasteiger partial charge in [-0.2, -0.15) is 5.01 Å². The van der Waals surface area contributed by atoms with Crippen molar-refractivity contribution in [2.75, 3.05) is 7.11 Å². The lowest BCUT2D eigenvalue weighted by Gasteiger charge is -2.22. The van der Waals surface area contributed by atoms with Crippen LogP contribution in [0.4, 0.5) is 0 Å². The molecule has 0 unspecified atom stereocenters. The van der Waals surface area contributed by atoms with Crippen LogP contribution in [-0.4, -0.2) is 18.0 Å². The van der Waals surface area contributed by atoms with Gasteiger partial charge in [0.15, 0.2) is 0 Å². The lowest BCUT2D eigenvalue weighted by molar-refractivity contribution is -0.140. The molecule has 1 rings (SSSR count). The molecule has 0 saturated heterocycles. The van der Waals surface area contributed by atoms with Gasteiger partial charge in [-0.05, 0) is 17.7 Å². The number of nitrogens with zero attached hydrogens (tertiary/aromatic N) is 2. The van der Waals surface area contributed by atoms with E-state index in [4.69, 9.17) is 4.74 Å². The molecule has 18 heavy (non-hydrogen) atoms. The van der Waals surface area contributed by atoms with Gasteiger partial charge in [0.25, 0.3) is 5.91 Å². The molecule has 0 bridgehead atoms. The van der Waals surface area contributed by atoms with E-state index in [1.165, 1.54) is 0 Å². The first-order valence-corrected chi connectivity index (χ1v) is 5.66. The maximum absolute atomic E-state index is 11.9. The maximum Gasteiger partial charge on any atom is 0.250 e. The van der Waals surface area contributed by atoms with E-state index in [-0.39, 0.29) is 12.5 Å². The third-order valence-electron chi connectivity index (χ3n) is 2.47. The summed E-state index contributed by atoms with van der Waals surface area (Å²) in [6.45, 7) is 5.42. The predicted octanol–water partition coefficient (Wildman–Crippen LogP) is 2.75. The fraction of sp³-hybridized carbons (Fsp3) is 0.462. The van der Waals surface area contributed by atoms with E-state index >= 15 is 0 Å². The highest BCUT2D eigenvalue weighted by Gasteiger charge is 2.28. The van der Waals surface area contributed by atoms with Crippen LogP contribution in [0.2, 0.25) is 0 Å². The second-order valence-electron chi connectivity index (χ2n) is 5.04. The Kier molecular flexibility index (Phi) is 4.42. The van der Waals surface area contributed by atoms with E-state index in [1.807, 2.05) is 0 Å². The summed E-state index contributed by atoms with van der Waals surface area (Å²) in [5.74, 6) is 0.430. The molecule has 0 atom stereocenters. The van der Waals surface area contributed by atoms with Gasteiger partial charge in [0, 0.05) is 5.41 Å². The summed E-state index contributed by atoms with van der Waals surface area (Å²) in [7, 11) is 1.58. The normalized spacial score (nSPS) is 10.9. The Morgan fingerprint density at radius 2 is 1.83 bits per heavy atom. The van der Waals surface area contributed by atoms with Crippen LogP contribution in [-0.2, 0) is 11.3 Å². The van der Waals surface area contributed by atoms with Crippen LogP contribution in [0.1, 0.15) is 26.3 Å². The van der Waals surface area contributed by atoms with Crippen molar-refractivity contribution >= 4 is 5.91 Å². The molecule has 0 heterocycles. The molecule has 0 N–H and O–H groups in total. The van der Waals surface area contributed by atoms with Crippen LogP contribution in [0, 0.1) is 10.3 Å². The number of benzene rings is 1. The highest BCUT2D eigenvalue weighted by atomic mass is 16.5. The topological polar surface area (TPSA) is 59.0 Å². The Morgan fingerprint density at radius 3 is 2.22 bits per heavy atom. The zero-order valence-electron chi connectivity index (χ0n) is 11.1. The molecule has 1 aromatic carbocycles. The standard InChI is InChI=1S/C13H18N2O3/c1-13(2,3)12(16)15(14-17)9-10-5-7-11(18-4)8-6-10/h5-8H,9H2,1-4H3. The van der Waals surface area contributed by atoms with E-state index in [2.05, 4.69) is 5.29 Å². The van der Waals surface area contributed by atoms with Crippen LogP contribution >= 0.6 is 0 Å². The Hall–Kier alpha value is -1.91. The summed E-state index contributed by atoms with van der Waals surface area (Å²) in [5, 5.41) is 3.74. The summed E-state index contributed by atoms with van der Waals surface area (Å²) in [4.78, 5) is 22.7. The van der Waals surface area contributed by atoms with Crippen LogP contribution in [0.3, 0.4) is 0 Å². The summed E-state index contributed by atoms with van der Waals surface area (Å²) in [6, 6.07) is 7.15. The number of carbonyl (C=O) groups is 1. The highest BCUT2D eigenvalue weighted by Crippen LogP contribution is 2.20. The molecule has 0 spiro atoms. The Bertz CT molecular complexity index is 421. The Labute approximate surface area is 107 Å². The number of rotatable bonds is 4. The van der Waals surface area contributed by atoms with Crippen LogP contribution in [0.15, 0.2) is 29.6 Å². The monoisotopic (exact) mass is 250 g/mol. The summed E-state index contributed by atoms with van der Waals surface area (Å²) >= 11 is 0. The van der Waals surface area contributed by atoms with E-state index in [9.17, 15) is 9.70 Å². The predicted molar refractivity (Wildman–Crippen MR) is 68.8 cm³/mol. The van der Waals surface area contributed by atoms with E-state index in [1.54, 1.807) is 52.1 Å². The number of hydrogen-bond donors (Lipinski definition) is 0. The van der Waals surface area contributed by atoms with Crippen molar-refractivity contribution in [3.63, 3.8) is 0 Å². The van der Waals surface area contributed by atoms with Gasteiger partial charge in [0.2, 0.25) is 0 Å². The quantitative estimate of drug-likeness (QED) is 0.609. The fourth-order valence-electron chi connectivity index (χ4n) is 1.43. The summed E-state index contributed by atoms with van der Waals surface area (Å²) < 4.78 is 5.04. The Morgan fingerprint density at radius 1 is 1.28 bits per heavy atom. The van der Waals surface area contributed by atoms with Gasteiger partial charge in [-0.3, -0.25) is 4.79 Å². The second-order valence-corrected chi connectivity index (χ2v) is 5.04. The van der Waals surface area contributed by atoms with Gasteiger partial charge in [-0.15, -0.1) is 4.91 Å². The zero-order chi connectivity index (χ0) is 13.8. The minimum Gasteiger partial charge on any atom is -0.497 e. The average Bonchev–Trinajstić information content (AvgIpc) is 2.34. The number of hydrogen-bond acceptors (Lipinski definition) is 4. The maximum atomic E-state index is 11.9. The fourth-order valence-corrected chi connectivity index (χ4v) is 1.43. The summed E-state index contributed by atoms with van der Waals surface area (Å²) in [5.41, 5.74) is 0.202. The Balaban J connectivity index is 2.80. The second kappa shape index (κ2) is 5.62. The molecule has 1 amide bonds. The number of carbonyl (C=O) groups excluding carboxylic acids is 1. The van der Waals surface area contributed by atoms with Crippen molar-refractivity contribution in [3.05, 3.63) is 34.7 Å². The van der Waals surface area contributed by atoms with Crippen molar-refractivity contribution in [1.29, 1.82) is 0 Å². The van der Waals surface area contributed by atoms with E-state index < -0.39 is 5.41 Å². The summed E-state index contributed by atoms with van der Waals surface area (Å²) in [6.07, 6.45) is 0. The van der Waals surface area contributed by atoms with E-state index in [0.717, 1.165) is 16.3 Å². The third kappa shape index (κ3) is 3.55. The molecule has 5 nitrogen and oxygen atoms in total. The molecular formula is C13H18N2O3. The first-order chi connectivity index (χ1) is 8.38. The molecule has 0 aliphatic rings. The molecule has 98 valence electrons. The molecule has 0 aliphatic carbocycles. The van der Waals surface area contributed by atoms with Crippen molar-refractivity contribution < 1.29 is 9.53 Å². The zero-order valence-corrected chi connectivity index (χ0v) is 11.1. The van der Waals surface area contributed by atoms with Gasteiger partial charge in [0.1, 0.15) is 5.75 Å². The molecule has 0 fully saturated rings. The molecule has 0 aromatic heterocycles. The van der Waals surface area contributed by atoms with Crippen molar-refractivity contribution in [2.45, 2.75) is 27.3 Å². The van der Waals surface area contributed by atoms with Crippen molar-refractivity contribution in [3.8, 4) is 5.75 Å². The molecule has 0 aliphatic heterocycles. The molecular weight excluding hydrogens is 232 g/mol. The minimum absolute atomic E-state index is 0.170. The molecule has 5 heteroatoms. The number of amides is 1. The van der Waals surface area contributed by atoms with Gasteiger partial charge in [-0.1, -0.05) is 32.9 Å². The van der Waals surface area contributed by atoms with Crippen molar-refractivity contribution in [2.24, 2.45) is 10.7 Å². The number of nitroso groups, excluding NO2 is 1. The average molecular weight is 250 g/mol. The van der Waals surface area contributed by atoms with Gasteiger partial charge in [-0.25, -0.2) is 0 Å². The van der Waals surface area contributed by atoms with Crippen LogP contribution in [0.25, 0.3) is 0 Å². The van der Waals surface area contributed by atoms with Crippen molar-refractivity contribution in [1.82, 2.24) is 5.01 Å². The smallest absolute Gasteiger partial charge is 0.250 e. The number of methoxy groups -OCH3 is 1. The third-order valence-corrected chi connectivity index (χ3v) is 2.47. The van der Waals surface area contributed by atoms with Gasteiger partial charge >= 0.3 is 0 Å².